The van der Waals surface area contributed by atoms with Gasteiger partial charge >= 0.3 is 0 Å². The molecule has 1 aromatic carbocycles. The summed E-state index contributed by atoms with van der Waals surface area (Å²) in [7, 11) is 1.92. The van der Waals surface area contributed by atoms with Gasteiger partial charge in [-0.05, 0) is 35.8 Å². The summed E-state index contributed by atoms with van der Waals surface area (Å²) in [6.45, 7) is 0. The molecule has 3 atom stereocenters. The summed E-state index contributed by atoms with van der Waals surface area (Å²) >= 11 is 0. The Balaban J connectivity index is 1.72. The molecule has 1 saturated carbocycles. The maximum Gasteiger partial charge on any atom is 0.121 e. The Bertz CT molecular complexity index is 594. The summed E-state index contributed by atoms with van der Waals surface area (Å²) in [5.74, 6) is 2.83. The number of benzene rings is 1. The van der Waals surface area contributed by atoms with Crippen LogP contribution in [0.25, 0.3) is 0 Å². The SMILES string of the molecule is Cn1nc(C2C3CCc4ccccc4C32)cc1N. The molecule has 92 valence electrons. The van der Waals surface area contributed by atoms with Gasteiger partial charge in [-0.25, -0.2) is 0 Å². The third kappa shape index (κ3) is 1.27. The molecule has 1 heterocycles. The number of aryl methyl sites for hydroxylation is 2. The van der Waals surface area contributed by atoms with E-state index in [1.807, 2.05) is 13.1 Å². The van der Waals surface area contributed by atoms with Crippen LogP contribution in [-0.2, 0) is 13.5 Å². The molecule has 0 bridgehead atoms. The number of fused-ring (bicyclic) bond motifs is 3. The molecule has 3 heteroatoms. The van der Waals surface area contributed by atoms with E-state index in [-0.39, 0.29) is 0 Å². The topological polar surface area (TPSA) is 43.8 Å². The number of hydrogen-bond donors (Lipinski definition) is 1. The number of aromatic nitrogens is 2. The Kier molecular flexibility index (Phi) is 1.91. The molecule has 2 aliphatic rings. The number of anilines is 1. The highest BCUT2D eigenvalue weighted by atomic mass is 15.3. The molecule has 3 nitrogen and oxygen atoms in total. The zero-order chi connectivity index (χ0) is 12.3. The van der Waals surface area contributed by atoms with E-state index in [9.17, 15) is 0 Å². The molecular formula is C15H17N3. The number of rotatable bonds is 1. The smallest absolute Gasteiger partial charge is 0.121 e. The molecule has 0 amide bonds. The van der Waals surface area contributed by atoms with E-state index in [0.717, 1.165) is 11.7 Å². The highest BCUT2D eigenvalue weighted by Gasteiger charge is 2.54. The second-order valence-electron chi connectivity index (χ2n) is 5.57. The van der Waals surface area contributed by atoms with Gasteiger partial charge in [0.2, 0.25) is 0 Å². The normalized spacial score (nSPS) is 28.6. The largest absolute Gasteiger partial charge is 0.384 e. The van der Waals surface area contributed by atoms with Crippen LogP contribution in [0.5, 0.6) is 0 Å². The first-order valence-electron chi connectivity index (χ1n) is 6.63. The van der Waals surface area contributed by atoms with Crippen LogP contribution in [0.4, 0.5) is 5.82 Å². The van der Waals surface area contributed by atoms with Crippen LogP contribution in [0.15, 0.2) is 30.3 Å². The number of nitrogens with zero attached hydrogens (tertiary/aromatic N) is 2. The minimum absolute atomic E-state index is 0.595. The molecule has 2 aromatic rings. The summed E-state index contributed by atoms with van der Waals surface area (Å²) in [6, 6.07) is 10.9. The lowest BCUT2D eigenvalue weighted by Crippen LogP contribution is -2.00. The summed E-state index contributed by atoms with van der Waals surface area (Å²) < 4.78 is 1.78. The fourth-order valence-corrected chi connectivity index (χ4v) is 3.64. The van der Waals surface area contributed by atoms with E-state index in [1.54, 1.807) is 10.2 Å². The highest BCUT2D eigenvalue weighted by molar-refractivity contribution is 5.46. The number of nitrogens with two attached hydrogens (primary N) is 1. The number of nitrogen functional groups attached to an aromatic ring is 1. The van der Waals surface area contributed by atoms with Gasteiger partial charge < -0.3 is 5.73 Å². The Hall–Kier alpha value is -1.77. The lowest BCUT2D eigenvalue weighted by atomic mass is 9.92. The predicted molar refractivity (Wildman–Crippen MR) is 71.4 cm³/mol. The van der Waals surface area contributed by atoms with Crippen molar-refractivity contribution < 1.29 is 0 Å². The summed E-state index contributed by atoms with van der Waals surface area (Å²) in [4.78, 5) is 0. The van der Waals surface area contributed by atoms with Crippen LogP contribution in [-0.4, -0.2) is 9.78 Å². The predicted octanol–water partition coefficient (Wildman–Crippen LogP) is 2.45. The molecule has 2 N–H and O–H groups in total. The van der Waals surface area contributed by atoms with Crippen molar-refractivity contribution in [2.45, 2.75) is 24.7 Å². The second-order valence-corrected chi connectivity index (χ2v) is 5.57. The molecule has 0 spiro atoms. The van der Waals surface area contributed by atoms with E-state index < -0.39 is 0 Å². The van der Waals surface area contributed by atoms with Crippen LogP contribution in [0.3, 0.4) is 0 Å². The average molecular weight is 239 g/mol. The molecule has 3 unspecified atom stereocenters. The van der Waals surface area contributed by atoms with Gasteiger partial charge in [0, 0.05) is 19.0 Å². The zero-order valence-corrected chi connectivity index (χ0v) is 10.5. The molecule has 4 rings (SSSR count). The molecule has 0 aliphatic heterocycles. The standard InChI is InChI=1S/C15H17N3/c1-18-13(16)8-12(17-18)15-11-7-6-9-4-2-3-5-10(9)14(11)15/h2-5,8,11,14-15H,6-7,16H2,1H3. The van der Waals surface area contributed by atoms with Crippen molar-refractivity contribution in [3.8, 4) is 0 Å². The van der Waals surface area contributed by atoms with E-state index in [1.165, 1.54) is 24.1 Å². The van der Waals surface area contributed by atoms with E-state index in [2.05, 4.69) is 29.4 Å². The van der Waals surface area contributed by atoms with Crippen LogP contribution in [0.2, 0.25) is 0 Å². The minimum atomic E-state index is 0.595. The summed E-state index contributed by atoms with van der Waals surface area (Å²) in [5, 5.41) is 4.56. The first-order valence-corrected chi connectivity index (χ1v) is 6.63. The van der Waals surface area contributed by atoms with Crippen molar-refractivity contribution in [1.82, 2.24) is 9.78 Å². The van der Waals surface area contributed by atoms with E-state index in [0.29, 0.717) is 11.8 Å². The lowest BCUT2D eigenvalue weighted by molar-refractivity contribution is 0.653. The van der Waals surface area contributed by atoms with Gasteiger partial charge in [0.25, 0.3) is 0 Å². The Morgan fingerprint density at radius 1 is 1.28 bits per heavy atom. The van der Waals surface area contributed by atoms with Crippen molar-refractivity contribution in [2.24, 2.45) is 13.0 Å². The molecule has 18 heavy (non-hydrogen) atoms. The van der Waals surface area contributed by atoms with Gasteiger partial charge in [0.1, 0.15) is 5.82 Å². The summed E-state index contributed by atoms with van der Waals surface area (Å²) in [6.07, 6.45) is 2.51. The van der Waals surface area contributed by atoms with Crippen LogP contribution in [0, 0.1) is 5.92 Å². The van der Waals surface area contributed by atoms with E-state index >= 15 is 0 Å². The summed E-state index contributed by atoms with van der Waals surface area (Å²) in [5.41, 5.74) is 10.1. The monoisotopic (exact) mass is 239 g/mol. The van der Waals surface area contributed by atoms with Crippen LogP contribution >= 0.6 is 0 Å². The average Bonchev–Trinajstić information content (AvgIpc) is 3.04. The van der Waals surface area contributed by atoms with Gasteiger partial charge in [-0.15, -0.1) is 0 Å². The first kappa shape index (κ1) is 10.2. The maximum absolute atomic E-state index is 5.89. The third-order valence-corrected chi connectivity index (χ3v) is 4.61. The zero-order valence-electron chi connectivity index (χ0n) is 10.5. The van der Waals surface area contributed by atoms with E-state index in [4.69, 9.17) is 5.73 Å². The Morgan fingerprint density at radius 2 is 2.11 bits per heavy atom. The van der Waals surface area contributed by atoms with Crippen molar-refractivity contribution in [1.29, 1.82) is 0 Å². The fourth-order valence-electron chi connectivity index (χ4n) is 3.64. The van der Waals surface area contributed by atoms with Crippen LogP contribution < -0.4 is 5.73 Å². The third-order valence-electron chi connectivity index (χ3n) is 4.61. The molecule has 0 radical (unpaired) electrons. The molecule has 1 fully saturated rings. The maximum atomic E-state index is 5.89. The van der Waals surface area contributed by atoms with Crippen molar-refractivity contribution in [3.05, 3.63) is 47.2 Å². The Morgan fingerprint density at radius 3 is 2.89 bits per heavy atom. The van der Waals surface area contributed by atoms with Gasteiger partial charge in [0.15, 0.2) is 0 Å². The second kappa shape index (κ2) is 3.37. The van der Waals surface area contributed by atoms with Crippen molar-refractivity contribution in [3.63, 3.8) is 0 Å². The first-order chi connectivity index (χ1) is 8.75. The number of hydrogen-bond acceptors (Lipinski definition) is 2. The molecule has 2 aliphatic carbocycles. The quantitative estimate of drug-likeness (QED) is 0.830. The molecular weight excluding hydrogens is 222 g/mol. The lowest BCUT2D eigenvalue weighted by Gasteiger charge is -2.13. The van der Waals surface area contributed by atoms with Gasteiger partial charge in [-0.3, -0.25) is 4.68 Å². The van der Waals surface area contributed by atoms with Gasteiger partial charge in [0.05, 0.1) is 5.69 Å². The van der Waals surface area contributed by atoms with Crippen molar-refractivity contribution in [2.75, 3.05) is 5.73 Å². The molecule has 0 saturated heterocycles. The van der Waals surface area contributed by atoms with Crippen LogP contribution in [0.1, 0.15) is 35.1 Å². The minimum Gasteiger partial charge on any atom is -0.384 e. The fraction of sp³-hybridized carbons (Fsp3) is 0.400. The Labute approximate surface area is 107 Å². The highest BCUT2D eigenvalue weighted by Crippen LogP contribution is 2.64. The van der Waals surface area contributed by atoms with Gasteiger partial charge in [-0.2, -0.15) is 5.10 Å². The van der Waals surface area contributed by atoms with Crippen molar-refractivity contribution >= 4 is 5.82 Å². The van der Waals surface area contributed by atoms with Gasteiger partial charge in [-0.1, -0.05) is 24.3 Å². The molecule has 1 aromatic heterocycles.